The van der Waals surface area contributed by atoms with Gasteiger partial charge in [-0.15, -0.1) is 0 Å². The molecule has 0 aliphatic carbocycles. The molecule has 0 aliphatic rings. The number of para-hydroxylation sites is 1. The van der Waals surface area contributed by atoms with Gasteiger partial charge >= 0.3 is 0 Å². The number of hydrogen-bond donors (Lipinski definition) is 2. The van der Waals surface area contributed by atoms with Crippen LogP contribution in [0.2, 0.25) is 0 Å². The third-order valence-corrected chi connectivity index (χ3v) is 3.73. The predicted octanol–water partition coefficient (Wildman–Crippen LogP) is 3.96. The van der Waals surface area contributed by atoms with Gasteiger partial charge in [-0.3, -0.25) is 4.79 Å². The van der Waals surface area contributed by atoms with Crippen molar-refractivity contribution >= 4 is 17.2 Å². The van der Waals surface area contributed by atoms with Crippen LogP contribution in [-0.4, -0.2) is 12.3 Å². The van der Waals surface area contributed by atoms with E-state index in [1.807, 2.05) is 48.5 Å². The number of carbonyl (C=O) groups is 1. The number of ketones is 1. The summed E-state index contributed by atoms with van der Waals surface area (Å²) in [7, 11) is 0. The molecule has 0 aromatic heterocycles. The molecule has 25 heavy (non-hydrogen) atoms. The first kappa shape index (κ1) is 16.4. The Balaban J connectivity index is 1.68. The van der Waals surface area contributed by atoms with Gasteiger partial charge in [-0.2, -0.15) is 0 Å². The summed E-state index contributed by atoms with van der Waals surface area (Å²) in [6, 6.07) is 24.3. The van der Waals surface area contributed by atoms with E-state index in [0.717, 1.165) is 11.3 Å². The van der Waals surface area contributed by atoms with Crippen molar-refractivity contribution in [2.45, 2.75) is 0 Å². The quantitative estimate of drug-likeness (QED) is 0.433. The van der Waals surface area contributed by atoms with Crippen molar-refractivity contribution in [1.82, 2.24) is 0 Å². The second kappa shape index (κ2) is 7.85. The van der Waals surface area contributed by atoms with Gasteiger partial charge in [0.05, 0.1) is 6.54 Å². The lowest BCUT2D eigenvalue weighted by Gasteiger charge is -2.04. The maximum Gasteiger partial charge on any atom is 0.193 e. The first-order valence-corrected chi connectivity index (χ1v) is 8.01. The summed E-state index contributed by atoms with van der Waals surface area (Å²) in [5, 5.41) is 3.22. The standard InChI is InChI=1S/C22H18N2O/c23-21-16-19(22(25)18-8-3-1-4-9-18)14-13-17(21)10-7-15-24-20-11-5-2-6-12-20/h1-6,8-9,11-14,16,24H,15,23H2. The Morgan fingerprint density at radius 2 is 1.56 bits per heavy atom. The van der Waals surface area contributed by atoms with Crippen LogP contribution < -0.4 is 11.1 Å². The van der Waals surface area contributed by atoms with Crippen molar-refractivity contribution in [1.29, 1.82) is 0 Å². The summed E-state index contributed by atoms with van der Waals surface area (Å²) in [5.74, 6) is 6.04. The Kier molecular flexibility index (Phi) is 5.13. The van der Waals surface area contributed by atoms with E-state index < -0.39 is 0 Å². The average Bonchev–Trinajstić information content (AvgIpc) is 2.67. The zero-order chi connectivity index (χ0) is 17.5. The van der Waals surface area contributed by atoms with Gasteiger partial charge in [0.2, 0.25) is 0 Å². The van der Waals surface area contributed by atoms with Crippen LogP contribution in [0.5, 0.6) is 0 Å². The molecule has 3 nitrogen and oxygen atoms in total. The number of nitrogens with two attached hydrogens (primary N) is 1. The lowest BCUT2D eigenvalue weighted by molar-refractivity contribution is 0.103. The van der Waals surface area contributed by atoms with Gasteiger partial charge in [-0.25, -0.2) is 0 Å². The molecule has 3 aromatic carbocycles. The van der Waals surface area contributed by atoms with Gasteiger partial charge in [-0.1, -0.05) is 60.4 Å². The zero-order valence-electron chi connectivity index (χ0n) is 13.7. The Bertz CT molecular complexity index is 922. The molecule has 122 valence electrons. The molecule has 0 fully saturated rings. The first-order valence-electron chi connectivity index (χ1n) is 8.01. The van der Waals surface area contributed by atoms with Gasteiger partial charge in [0.25, 0.3) is 0 Å². The van der Waals surface area contributed by atoms with Crippen LogP contribution in [0, 0.1) is 11.8 Å². The van der Waals surface area contributed by atoms with Crippen LogP contribution in [0.1, 0.15) is 21.5 Å². The minimum Gasteiger partial charge on any atom is -0.398 e. The Hall–Kier alpha value is -3.51. The normalized spacial score (nSPS) is 9.76. The van der Waals surface area contributed by atoms with E-state index in [2.05, 4.69) is 17.2 Å². The average molecular weight is 326 g/mol. The van der Waals surface area contributed by atoms with Crippen molar-refractivity contribution in [2.75, 3.05) is 17.6 Å². The second-order valence-corrected chi connectivity index (χ2v) is 5.52. The van der Waals surface area contributed by atoms with Crippen LogP contribution >= 0.6 is 0 Å². The molecule has 3 N–H and O–H groups in total. The number of rotatable bonds is 4. The van der Waals surface area contributed by atoms with E-state index in [1.54, 1.807) is 30.3 Å². The monoisotopic (exact) mass is 326 g/mol. The SMILES string of the molecule is Nc1cc(C(=O)c2ccccc2)ccc1C#CCNc1ccccc1. The molecule has 0 atom stereocenters. The summed E-state index contributed by atoms with van der Waals surface area (Å²) in [6.45, 7) is 0.522. The Morgan fingerprint density at radius 1 is 0.880 bits per heavy atom. The minimum atomic E-state index is -0.0439. The van der Waals surface area contributed by atoms with Crippen LogP contribution in [0.3, 0.4) is 0 Å². The molecule has 0 bridgehead atoms. The smallest absolute Gasteiger partial charge is 0.193 e. The second-order valence-electron chi connectivity index (χ2n) is 5.52. The minimum absolute atomic E-state index is 0.0439. The van der Waals surface area contributed by atoms with Crippen LogP contribution in [0.4, 0.5) is 11.4 Å². The highest BCUT2D eigenvalue weighted by Crippen LogP contribution is 2.16. The number of anilines is 2. The van der Waals surface area contributed by atoms with Crippen molar-refractivity contribution in [3.05, 3.63) is 95.6 Å². The summed E-state index contributed by atoms with van der Waals surface area (Å²) in [6.07, 6.45) is 0. The van der Waals surface area contributed by atoms with E-state index in [9.17, 15) is 4.79 Å². The third kappa shape index (κ3) is 4.27. The molecular formula is C22H18N2O. The van der Waals surface area contributed by atoms with E-state index in [0.29, 0.717) is 23.4 Å². The van der Waals surface area contributed by atoms with E-state index in [4.69, 9.17) is 5.73 Å². The van der Waals surface area contributed by atoms with Gasteiger partial charge in [0, 0.05) is 28.1 Å². The van der Waals surface area contributed by atoms with Crippen LogP contribution in [0.25, 0.3) is 0 Å². The van der Waals surface area contributed by atoms with Crippen molar-refractivity contribution in [2.24, 2.45) is 0 Å². The molecule has 0 amide bonds. The third-order valence-electron chi connectivity index (χ3n) is 3.73. The topological polar surface area (TPSA) is 55.1 Å². The van der Waals surface area contributed by atoms with Gasteiger partial charge < -0.3 is 11.1 Å². The highest BCUT2D eigenvalue weighted by atomic mass is 16.1. The summed E-state index contributed by atoms with van der Waals surface area (Å²) in [4.78, 5) is 12.4. The van der Waals surface area contributed by atoms with Gasteiger partial charge in [0.1, 0.15) is 0 Å². The predicted molar refractivity (Wildman–Crippen MR) is 103 cm³/mol. The highest BCUT2D eigenvalue weighted by molar-refractivity contribution is 6.09. The lowest BCUT2D eigenvalue weighted by Crippen LogP contribution is -2.03. The molecule has 3 rings (SSSR count). The molecule has 0 radical (unpaired) electrons. The molecule has 0 saturated carbocycles. The fourth-order valence-corrected chi connectivity index (χ4v) is 2.42. The summed E-state index contributed by atoms with van der Waals surface area (Å²) < 4.78 is 0. The fraction of sp³-hybridized carbons (Fsp3) is 0.0455. The zero-order valence-corrected chi connectivity index (χ0v) is 13.7. The van der Waals surface area contributed by atoms with Crippen LogP contribution in [-0.2, 0) is 0 Å². The number of nitrogen functional groups attached to an aromatic ring is 1. The molecule has 0 saturated heterocycles. The molecule has 0 spiro atoms. The highest BCUT2D eigenvalue weighted by Gasteiger charge is 2.09. The maximum atomic E-state index is 12.4. The van der Waals surface area contributed by atoms with Crippen LogP contribution in [0.15, 0.2) is 78.9 Å². The number of benzene rings is 3. The molecule has 3 aromatic rings. The Labute approximate surface area is 147 Å². The maximum absolute atomic E-state index is 12.4. The van der Waals surface area contributed by atoms with E-state index in [1.165, 1.54) is 0 Å². The molecule has 0 aliphatic heterocycles. The number of hydrogen-bond acceptors (Lipinski definition) is 3. The first-order chi connectivity index (χ1) is 12.2. The van der Waals surface area contributed by atoms with Crippen molar-refractivity contribution in [3.8, 4) is 11.8 Å². The Morgan fingerprint density at radius 3 is 2.24 bits per heavy atom. The number of nitrogens with one attached hydrogen (secondary N) is 1. The number of carbonyl (C=O) groups excluding carboxylic acids is 1. The summed E-state index contributed by atoms with van der Waals surface area (Å²) >= 11 is 0. The molecule has 3 heteroatoms. The van der Waals surface area contributed by atoms with Crippen molar-refractivity contribution in [3.63, 3.8) is 0 Å². The summed E-state index contributed by atoms with van der Waals surface area (Å²) in [5.41, 5.74) is 9.52. The van der Waals surface area contributed by atoms with E-state index >= 15 is 0 Å². The largest absolute Gasteiger partial charge is 0.398 e. The fourth-order valence-electron chi connectivity index (χ4n) is 2.42. The molecular weight excluding hydrogens is 308 g/mol. The van der Waals surface area contributed by atoms with E-state index in [-0.39, 0.29) is 5.78 Å². The lowest BCUT2D eigenvalue weighted by atomic mass is 10.0. The van der Waals surface area contributed by atoms with Gasteiger partial charge in [0.15, 0.2) is 5.78 Å². The van der Waals surface area contributed by atoms with Crippen molar-refractivity contribution < 1.29 is 4.79 Å². The molecule has 0 heterocycles. The molecule has 0 unspecified atom stereocenters. The van der Waals surface area contributed by atoms with Gasteiger partial charge in [-0.05, 0) is 30.3 Å².